The van der Waals surface area contributed by atoms with Crippen LogP contribution in [-0.4, -0.2) is 22.6 Å². The minimum Gasteiger partial charge on any atom is -0.477 e. The van der Waals surface area contributed by atoms with Crippen molar-refractivity contribution < 1.29 is 14.3 Å². The largest absolute Gasteiger partial charge is 0.477 e. The van der Waals surface area contributed by atoms with Gasteiger partial charge in [0, 0.05) is 6.54 Å². The van der Waals surface area contributed by atoms with Crippen molar-refractivity contribution in [1.29, 1.82) is 0 Å². The van der Waals surface area contributed by atoms with Crippen LogP contribution in [0.3, 0.4) is 0 Å². The summed E-state index contributed by atoms with van der Waals surface area (Å²) < 4.78 is 13.4. The van der Waals surface area contributed by atoms with Gasteiger partial charge < -0.3 is 10.4 Å². The molecule has 0 aliphatic rings. The Morgan fingerprint density at radius 2 is 2.21 bits per heavy atom. The van der Waals surface area contributed by atoms with E-state index in [2.05, 4.69) is 10.3 Å². The number of rotatable bonds is 5. The number of aryl methyl sites for hydroxylation is 1. The molecule has 0 saturated heterocycles. The molecule has 0 saturated carbocycles. The summed E-state index contributed by atoms with van der Waals surface area (Å²) in [6.07, 6.45) is 0.522. The van der Waals surface area contributed by atoms with Gasteiger partial charge >= 0.3 is 5.97 Å². The molecule has 4 nitrogen and oxygen atoms in total. The number of carboxylic acids is 1. The number of hydrogen-bond acceptors (Lipinski definition) is 4. The molecule has 0 unspecified atom stereocenters. The Bertz CT molecular complexity index is 598. The Kier molecular flexibility index (Phi) is 4.11. The average Bonchev–Trinajstić information content (AvgIpc) is 2.73. The molecule has 100 valence electrons. The first-order valence-corrected chi connectivity index (χ1v) is 6.57. The van der Waals surface area contributed by atoms with Crippen LogP contribution in [0.1, 0.15) is 20.9 Å². The van der Waals surface area contributed by atoms with Crippen LogP contribution in [0, 0.1) is 12.7 Å². The van der Waals surface area contributed by atoms with Crippen LogP contribution in [-0.2, 0) is 6.42 Å². The van der Waals surface area contributed by atoms with E-state index in [9.17, 15) is 9.18 Å². The highest BCUT2D eigenvalue weighted by molar-refractivity contribution is 7.17. The van der Waals surface area contributed by atoms with Gasteiger partial charge in [0.05, 0.1) is 5.69 Å². The number of halogens is 1. The predicted octanol–water partition coefficient (Wildman–Crippen LogP) is 2.94. The first-order chi connectivity index (χ1) is 9.08. The van der Waals surface area contributed by atoms with E-state index in [4.69, 9.17) is 5.11 Å². The zero-order chi connectivity index (χ0) is 13.8. The van der Waals surface area contributed by atoms with Crippen LogP contribution in [0.15, 0.2) is 24.3 Å². The minimum absolute atomic E-state index is 0.230. The van der Waals surface area contributed by atoms with Crippen molar-refractivity contribution >= 4 is 22.4 Å². The normalized spacial score (nSPS) is 10.4. The van der Waals surface area contributed by atoms with Gasteiger partial charge in [-0.2, -0.15) is 0 Å². The van der Waals surface area contributed by atoms with Crippen molar-refractivity contribution in [3.05, 3.63) is 46.2 Å². The van der Waals surface area contributed by atoms with Crippen molar-refractivity contribution in [3.8, 4) is 0 Å². The molecule has 0 spiro atoms. The Hall–Kier alpha value is -1.95. The minimum atomic E-state index is -0.975. The van der Waals surface area contributed by atoms with E-state index in [0.29, 0.717) is 29.4 Å². The Morgan fingerprint density at radius 1 is 1.47 bits per heavy atom. The van der Waals surface area contributed by atoms with Crippen molar-refractivity contribution in [2.24, 2.45) is 0 Å². The Balaban J connectivity index is 1.95. The van der Waals surface area contributed by atoms with Gasteiger partial charge in [-0.05, 0) is 25.0 Å². The number of anilines is 1. The lowest BCUT2D eigenvalue weighted by atomic mass is 10.1. The maximum absolute atomic E-state index is 13.4. The lowest BCUT2D eigenvalue weighted by molar-refractivity contribution is 0.0701. The van der Waals surface area contributed by atoms with Gasteiger partial charge in [-0.1, -0.05) is 29.5 Å². The van der Waals surface area contributed by atoms with Gasteiger partial charge in [-0.25, -0.2) is 14.2 Å². The second kappa shape index (κ2) is 5.79. The molecular formula is C13H13FN2O2S. The van der Waals surface area contributed by atoms with Crippen LogP contribution < -0.4 is 5.32 Å². The van der Waals surface area contributed by atoms with Crippen molar-refractivity contribution in [1.82, 2.24) is 4.98 Å². The van der Waals surface area contributed by atoms with E-state index < -0.39 is 5.97 Å². The summed E-state index contributed by atoms with van der Waals surface area (Å²) in [7, 11) is 0. The van der Waals surface area contributed by atoms with Gasteiger partial charge in [0.2, 0.25) is 0 Å². The molecule has 1 heterocycles. The molecule has 6 heteroatoms. The fraction of sp³-hybridized carbons (Fsp3) is 0.231. The molecule has 1 aromatic heterocycles. The molecule has 2 rings (SSSR count). The summed E-state index contributed by atoms with van der Waals surface area (Å²) in [5, 5.41) is 12.5. The summed E-state index contributed by atoms with van der Waals surface area (Å²) in [5.74, 6) is -1.21. The topological polar surface area (TPSA) is 62.2 Å². The summed E-state index contributed by atoms with van der Waals surface area (Å²) in [6, 6.07) is 6.59. The molecule has 0 amide bonds. The highest BCUT2D eigenvalue weighted by Gasteiger charge is 2.13. The summed E-state index contributed by atoms with van der Waals surface area (Å²) in [6.45, 7) is 2.16. The van der Waals surface area contributed by atoms with Crippen LogP contribution in [0.4, 0.5) is 9.52 Å². The Morgan fingerprint density at radius 3 is 2.84 bits per heavy atom. The van der Waals surface area contributed by atoms with Crippen LogP contribution in [0.2, 0.25) is 0 Å². The van der Waals surface area contributed by atoms with E-state index in [-0.39, 0.29) is 10.7 Å². The molecule has 0 bridgehead atoms. The third kappa shape index (κ3) is 3.29. The van der Waals surface area contributed by atoms with E-state index in [1.165, 1.54) is 6.07 Å². The fourth-order valence-electron chi connectivity index (χ4n) is 1.68. The first kappa shape index (κ1) is 13.5. The van der Waals surface area contributed by atoms with Crippen molar-refractivity contribution in [3.63, 3.8) is 0 Å². The van der Waals surface area contributed by atoms with Crippen LogP contribution >= 0.6 is 11.3 Å². The zero-order valence-electron chi connectivity index (χ0n) is 10.3. The van der Waals surface area contributed by atoms with Crippen molar-refractivity contribution in [2.75, 3.05) is 11.9 Å². The molecular weight excluding hydrogens is 267 g/mol. The molecule has 2 N–H and O–H groups in total. The number of benzene rings is 1. The van der Waals surface area contributed by atoms with Crippen molar-refractivity contribution in [2.45, 2.75) is 13.3 Å². The number of carboxylic acid groups (broad SMARTS) is 1. The van der Waals surface area contributed by atoms with E-state index >= 15 is 0 Å². The zero-order valence-corrected chi connectivity index (χ0v) is 11.1. The van der Waals surface area contributed by atoms with E-state index in [0.717, 1.165) is 11.3 Å². The summed E-state index contributed by atoms with van der Waals surface area (Å²) in [5.41, 5.74) is 1.12. The molecule has 1 aromatic carbocycles. The van der Waals surface area contributed by atoms with Gasteiger partial charge in [-0.3, -0.25) is 0 Å². The fourth-order valence-corrected chi connectivity index (χ4v) is 2.51. The molecule has 19 heavy (non-hydrogen) atoms. The maximum Gasteiger partial charge on any atom is 0.347 e. The highest BCUT2D eigenvalue weighted by atomic mass is 32.1. The highest BCUT2D eigenvalue weighted by Crippen LogP contribution is 2.22. The molecule has 0 aliphatic heterocycles. The first-order valence-electron chi connectivity index (χ1n) is 5.76. The van der Waals surface area contributed by atoms with Gasteiger partial charge in [0.1, 0.15) is 10.7 Å². The molecule has 2 aromatic rings. The van der Waals surface area contributed by atoms with Crippen LogP contribution in [0.25, 0.3) is 0 Å². The number of nitrogens with one attached hydrogen (secondary N) is 1. The molecule has 0 radical (unpaired) electrons. The second-order valence-electron chi connectivity index (χ2n) is 4.01. The van der Waals surface area contributed by atoms with Gasteiger partial charge in [0.15, 0.2) is 5.13 Å². The third-order valence-electron chi connectivity index (χ3n) is 2.62. The number of nitrogens with zero attached hydrogens (tertiary/aromatic N) is 1. The smallest absolute Gasteiger partial charge is 0.347 e. The Labute approximate surface area is 113 Å². The average molecular weight is 280 g/mol. The lowest BCUT2D eigenvalue weighted by Gasteiger charge is -2.03. The predicted molar refractivity (Wildman–Crippen MR) is 72.4 cm³/mol. The van der Waals surface area contributed by atoms with Crippen LogP contribution in [0.5, 0.6) is 0 Å². The molecule has 0 fully saturated rings. The van der Waals surface area contributed by atoms with E-state index in [1.54, 1.807) is 25.1 Å². The number of thiazole rings is 1. The number of aromatic nitrogens is 1. The lowest BCUT2D eigenvalue weighted by Crippen LogP contribution is -2.05. The number of hydrogen-bond donors (Lipinski definition) is 2. The quantitative estimate of drug-likeness (QED) is 0.884. The molecule has 0 aliphatic carbocycles. The number of carbonyl (C=O) groups is 1. The number of aromatic carboxylic acids is 1. The van der Waals surface area contributed by atoms with Gasteiger partial charge in [-0.15, -0.1) is 0 Å². The maximum atomic E-state index is 13.4. The third-order valence-corrected chi connectivity index (χ3v) is 3.72. The standard InChI is InChI=1S/C13H13FN2O2S/c1-8-11(12(17)18)19-13(16-8)15-7-6-9-4-2-3-5-10(9)14/h2-5H,6-7H2,1H3,(H,15,16)(H,17,18). The SMILES string of the molecule is Cc1nc(NCCc2ccccc2F)sc1C(=O)O. The second-order valence-corrected chi connectivity index (χ2v) is 5.01. The van der Waals surface area contributed by atoms with E-state index in [1.807, 2.05) is 0 Å². The summed E-state index contributed by atoms with van der Waals surface area (Å²) >= 11 is 1.09. The monoisotopic (exact) mass is 280 g/mol. The molecule has 0 atom stereocenters. The van der Waals surface area contributed by atoms with Gasteiger partial charge in [0.25, 0.3) is 0 Å². The summed E-state index contributed by atoms with van der Waals surface area (Å²) in [4.78, 5) is 15.2.